The molecule has 0 saturated heterocycles. The average molecular weight is 342 g/mol. The summed E-state index contributed by atoms with van der Waals surface area (Å²) in [4.78, 5) is 11.9. The minimum Gasteiger partial charge on any atom is -0.475 e. The number of thioether (sulfide) groups is 1. The Labute approximate surface area is 123 Å². The van der Waals surface area contributed by atoms with Gasteiger partial charge in [-0.3, -0.25) is 0 Å². The molecule has 6 heteroatoms. The highest BCUT2D eigenvalue weighted by atomic mass is 79.9. The quantitative estimate of drug-likeness (QED) is 0.650. The van der Waals surface area contributed by atoms with Gasteiger partial charge in [0.1, 0.15) is 5.76 Å². The number of carboxylic acid groups (broad SMARTS) is 1. The van der Waals surface area contributed by atoms with E-state index in [0.717, 1.165) is 14.9 Å². The lowest BCUT2D eigenvalue weighted by Crippen LogP contribution is -1.91. The minimum atomic E-state index is -1.05. The highest BCUT2D eigenvalue weighted by Gasteiger charge is 2.13. The number of hydrogen-bond donors (Lipinski definition) is 2. The summed E-state index contributed by atoms with van der Waals surface area (Å²) < 4.78 is 6.10. The van der Waals surface area contributed by atoms with Crippen LogP contribution in [0.4, 0.5) is 5.69 Å². The molecule has 4 nitrogen and oxygen atoms in total. The van der Waals surface area contributed by atoms with Gasteiger partial charge in [-0.05, 0) is 47.1 Å². The molecule has 3 N–H and O–H groups in total. The Bertz CT molecular complexity index is 624. The van der Waals surface area contributed by atoms with Gasteiger partial charge in [-0.15, -0.1) is 11.8 Å². The maximum Gasteiger partial charge on any atom is 0.371 e. The number of hydrogen-bond acceptors (Lipinski definition) is 4. The number of nitrogen functional groups attached to an aromatic ring is 1. The van der Waals surface area contributed by atoms with Crippen molar-refractivity contribution in [2.24, 2.45) is 0 Å². The van der Waals surface area contributed by atoms with Gasteiger partial charge in [0, 0.05) is 26.4 Å². The zero-order chi connectivity index (χ0) is 14.0. The molecule has 0 atom stereocenters. The van der Waals surface area contributed by atoms with Crippen LogP contribution in [0.1, 0.15) is 21.9 Å². The lowest BCUT2D eigenvalue weighted by molar-refractivity contribution is 0.0661. The molecule has 1 aromatic carbocycles. The summed E-state index contributed by atoms with van der Waals surface area (Å²) in [6, 6.07) is 7.17. The van der Waals surface area contributed by atoms with Crippen LogP contribution in [0.15, 0.2) is 38.1 Å². The van der Waals surface area contributed by atoms with Gasteiger partial charge in [-0.25, -0.2) is 4.79 Å². The summed E-state index contributed by atoms with van der Waals surface area (Å²) in [6.45, 7) is 1.76. The monoisotopic (exact) mass is 341 g/mol. The van der Waals surface area contributed by atoms with E-state index in [1.807, 2.05) is 18.2 Å². The lowest BCUT2D eigenvalue weighted by atomic mass is 10.3. The van der Waals surface area contributed by atoms with Crippen molar-refractivity contribution in [2.45, 2.75) is 17.6 Å². The van der Waals surface area contributed by atoms with Gasteiger partial charge in [0.05, 0.1) is 0 Å². The molecular weight excluding hydrogens is 330 g/mol. The first kappa shape index (κ1) is 14.0. The van der Waals surface area contributed by atoms with Crippen molar-refractivity contribution in [1.82, 2.24) is 0 Å². The Morgan fingerprint density at radius 3 is 2.79 bits per heavy atom. The summed E-state index contributed by atoms with van der Waals surface area (Å²) in [5.74, 6) is 0.208. The molecule has 2 aromatic rings. The number of rotatable bonds is 4. The molecule has 0 aliphatic heterocycles. The molecule has 19 heavy (non-hydrogen) atoms. The molecule has 0 saturated carbocycles. The van der Waals surface area contributed by atoms with Crippen LogP contribution in [0.5, 0.6) is 0 Å². The predicted molar refractivity (Wildman–Crippen MR) is 78.5 cm³/mol. The maximum absolute atomic E-state index is 10.8. The lowest BCUT2D eigenvalue weighted by Gasteiger charge is -2.04. The normalized spacial score (nSPS) is 10.6. The van der Waals surface area contributed by atoms with Crippen molar-refractivity contribution in [1.29, 1.82) is 0 Å². The van der Waals surface area contributed by atoms with Crippen molar-refractivity contribution in [3.05, 3.63) is 45.8 Å². The van der Waals surface area contributed by atoms with Crippen molar-refractivity contribution >= 4 is 39.3 Å². The summed E-state index contributed by atoms with van der Waals surface area (Å²) >= 11 is 5.04. The van der Waals surface area contributed by atoms with Gasteiger partial charge in [0.25, 0.3) is 0 Å². The minimum absolute atomic E-state index is 0.0236. The molecule has 0 aliphatic rings. The fraction of sp³-hybridized carbons (Fsp3) is 0.154. The topological polar surface area (TPSA) is 76.5 Å². The van der Waals surface area contributed by atoms with Gasteiger partial charge >= 0.3 is 5.97 Å². The number of nitrogens with two attached hydrogens (primary N) is 1. The molecule has 1 aromatic heterocycles. The largest absolute Gasteiger partial charge is 0.475 e. The Kier molecular flexibility index (Phi) is 4.21. The van der Waals surface area contributed by atoms with Crippen molar-refractivity contribution < 1.29 is 14.3 Å². The molecule has 1 heterocycles. The molecule has 100 valence electrons. The van der Waals surface area contributed by atoms with Crippen LogP contribution in [0.25, 0.3) is 0 Å². The molecule has 0 bridgehead atoms. The Balaban J connectivity index is 2.12. The number of carboxylic acids is 1. The van der Waals surface area contributed by atoms with Gasteiger partial charge in [-0.2, -0.15) is 0 Å². The summed E-state index contributed by atoms with van der Waals surface area (Å²) in [5, 5.41) is 8.86. The number of anilines is 1. The average Bonchev–Trinajstić information content (AvgIpc) is 2.70. The van der Waals surface area contributed by atoms with Gasteiger partial charge in [0.15, 0.2) is 0 Å². The van der Waals surface area contributed by atoms with Crippen LogP contribution >= 0.6 is 27.7 Å². The van der Waals surface area contributed by atoms with E-state index in [1.165, 1.54) is 0 Å². The van der Waals surface area contributed by atoms with E-state index in [0.29, 0.717) is 17.2 Å². The SMILES string of the molecule is Cc1oc(C(=O)O)cc1CSc1ccc(N)cc1Br. The highest BCUT2D eigenvalue weighted by Crippen LogP contribution is 2.32. The van der Waals surface area contributed by atoms with Crippen LogP contribution in [0, 0.1) is 6.92 Å². The van der Waals surface area contributed by atoms with E-state index >= 15 is 0 Å². The van der Waals surface area contributed by atoms with Crippen LogP contribution in [0.2, 0.25) is 0 Å². The predicted octanol–water partition coefficient (Wildman–Crippen LogP) is 3.92. The van der Waals surface area contributed by atoms with E-state index in [-0.39, 0.29) is 5.76 Å². The fourth-order valence-electron chi connectivity index (χ4n) is 1.56. The second-order valence-corrected chi connectivity index (χ2v) is 5.85. The number of carbonyl (C=O) groups is 1. The van der Waals surface area contributed by atoms with Crippen LogP contribution in [-0.2, 0) is 5.75 Å². The number of aromatic carboxylic acids is 1. The van der Waals surface area contributed by atoms with Gasteiger partial charge < -0.3 is 15.3 Å². The van der Waals surface area contributed by atoms with E-state index < -0.39 is 5.97 Å². The molecule has 0 aliphatic carbocycles. The summed E-state index contributed by atoms with van der Waals surface area (Å²) in [6.07, 6.45) is 0. The zero-order valence-corrected chi connectivity index (χ0v) is 12.5. The smallest absolute Gasteiger partial charge is 0.371 e. The number of halogens is 1. The van der Waals surface area contributed by atoms with Gasteiger partial charge in [-0.1, -0.05) is 0 Å². The standard InChI is InChI=1S/C13H12BrNO3S/c1-7-8(4-11(18-7)13(16)17)6-19-12-3-2-9(15)5-10(12)14/h2-5H,6,15H2,1H3,(H,16,17). The van der Waals surface area contributed by atoms with Crippen LogP contribution < -0.4 is 5.73 Å². The van der Waals surface area contributed by atoms with Gasteiger partial charge in [0.2, 0.25) is 5.76 Å². The van der Waals surface area contributed by atoms with Crippen LogP contribution in [0.3, 0.4) is 0 Å². The van der Waals surface area contributed by atoms with Crippen molar-refractivity contribution in [3.8, 4) is 0 Å². The molecular formula is C13H12BrNO3S. The number of benzene rings is 1. The first-order valence-electron chi connectivity index (χ1n) is 5.48. The van der Waals surface area contributed by atoms with E-state index in [2.05, 4.69) is 15.9 Å². The Morgan fingerprint density at radius 1 is 1.47 bits per heavy atom. The third-order valence-corrected chi connectivity index (χ3v) is 4.61. The fourth-order valence-corrected chi connectivity index (χ4v) is 3.26. The van der Waals surface area contributed by atoms with E-state index in [1.54, 1.807) is 24.8 Å². The molecule has 0 unspecified atom stereocenters. The number of aryl methyl sites for hydroxylation is 1. The summed E-state index contributed by atoms with van der Waals surface area (Å²) in [7, 11) is 0. The number of furan rings is 1. The van der Waals surface area contributed by atoms with Crippen molar-refractivity contribution in [2.75, 3.05) is 5.73 Å². The molecule has 2 rings (SSSR count). The first-order valence-corrected chi connectivity index (χ1v) is 7.25. The second kappa shape index (κ2) is 5.71. The Morgan fingerprint density at radius 2 is 2.21 bits per heavy atom. The molecule has 0 fully saturated rings. The maximum atomic E-state index is 10.8. The highest BCUT2D eigenvalue weighted by molar-refractivity contribution is 9.10. The Hall–Kier alpha value is -1.40. The van der Waals surface area contributed by atoms with E-state index in [9.17, 15) is 4.79 Å². The first-order chi connectivity index (χ1) is 8.97. The van der Waals surface area contributed by atoms with Crippen molar-refractivity contribution in [3.63, 3.8) is 0 Å². The van der Waals surface area contributed by atoms with E-state index in [4.69, 9.17) is 15.3 Å². The van der Waals surface area contributed by atoms with Crippen LogP contribution in [-0.4, -0.2) is 11.1 Å². The third kappa shape index (κ3) is 3.33. The summed E-state index contributed by atoms with van der Waals surface area (Å²) in [5.41, 5.74) is 7.25. The second-order valence-electron chi connectivity index (χ2n) is 3.98. The zero-order valence-electron chi connectivity index (χ0n) is 10.1. The molecule has 0 spiro atoms. The molecule has 0 amide bonds. The molecule has 0 radical (unpaired) electrons. The third-order valence-electron chi connectivity index (χ3n) is 2.57.